The Morgan fingerprint density at radius 3 is 2.86 bits per heavy atom. The fourth-order valence-corrected chi connectivity index (χ4v) is 3.06. The van der Waals surface area contributed by atoms with Crippen molar-refractivity contribution in [2.24, 2.45) is 5.73 Å². The monoisotopic (exact) mass is 364 g/mol. The van der Waals surface area contributed by atoms with Gasteiger partial charge in [0.1, 0.15) is 11.9 Å². The zero-order chi connectivity index (χ0) is 15.5. The van der Waals surface area contributed by atoms with Gasteiger partial charge in [0.2, 0.25) is 0 Å². The van der Waals surface area contributed by atoms with Gasteiger partial charge in [0, 0.05) is 11.0 Å². The number of halogens is 1. The topological polar surface area (TPSA) is 68.7 Å². The van der Waals surface area contributed by atoms with Gasteiger partial charge >= 0.3 is 0 Å². The molecule has 0 radical (unpaired) electrons. The van der Waals surface area contributed by atoms with Gasteiger partial charge in [0.05, 0.1) is 19.7 Å². The Labute approximate surface area is 137 Å². The van der Waals surface area contributed by atoms with Gasteiger partial charge in [-0.25, -0.2) is 0 Å². The van der Waals surface area contributed by atoms with Crippen LogP contribution < -0.4 is 5.73 Å². The molecule has 22 heavy (non-hydrogen) atoms. The van der Waals surface area contributed by atoms with E-state index in [1.165, 1.54) is 0 Å². The van der Waals surface area contributed by atoms with Gasteiger partial charge in [-0.1, -0.05) is 34.1 Å². The van der Waals surface area contributed by atoms with E-state index in [0.717, 1.165) is 10.0 Å². The van der Waals surface area contributed by atoms with Crippen molar-refractivity contribution in [3.63, 3.8) is 0 Å². The average molecular weight is 365 g/mol. The summed E-state index contributed by atoms with van der Waals surface area (Å²) in [4.78, 5) is 14.3. The van der Waals surface area contributed by atoms with Crippen LogP contribution >= 0.6 is 15.9 Å². The summed E-state index contributed by atoms with van der Waals surface area (Å²) in [6.07, 6.45) is -0.141. The Hall–Kier alpha value is -1.63. The zero-order valence-corrected chi connectivity index (χ0v) is 13.6. The van der Waals surface area contributed by atoms with E-state index in [2.05, 4.69) is 15.9 Å². The zero-order valence-electron chi connectivity index (χ0n) is 12.0. The molecule has 1 saturated heterocycles. The summed E-state index contributed by atoms with van der Waals surface area (Å²) in [7, 11) is 0. The minimum absolute atomic E-state index is 0.125. The first-order valence-corrected chi connectivity index (χ1v) is 7.92. The summed E-state index contributed by atoms with van der Waals surface area (Å²) in [6.45, 7) is 1.84. The summed E-state index contributed by atoms with van der Waals surface area (Å²) < 4.78 is 12.2. The molecule has 3 rings (SSSR count). The Balaban J connectivity index is 1.75. The fraction of sp³-hybridized carbons (Fsp3) is 0.312. The van der Waals surface area contributed by atoms with Gasteiger partial charge in [0.15, 0.2) is 5.76 Å². The third kappa shape index (κ3) is 3.09. The molecule has 2 N–H and O–H groups in total. The first kappa shape index (κ1) is 15.3. The van der Waals surface area contributed by atoms with E-state index >= 15 is 0 Å². The van der Waals surface area contributed by atoms with E-state index in [1.807, 2.05) is 24.3 Å². The number of nitrogens with zero attached hydrogens (tertiary/aromatic N) is 1. The van der Waals surface area contributed by atoms with Gasteiger partial charge in [-0.15, -0.1) is 0 Å². The van der Waals surface area contributed by atoms with Crippen LogP contribution in [0.3, 0.4) is 0 Å². The smallest absolute Gasteiger partial charge is 0.289 e. The van der Waals surface area contributed by atoms with E-state index in [0.29, 0.717) is 31.2 Å². The first-order chi connectivity index (χ1) is 10.7. The third-order valence-corrected chi connectivity index (χ3v) is 4.40. The molecule has 2 heterocycles. The Morgan fingerprint density at radius 2 is 2.14 bits per heavy atom. The van der Waals surface area contributed by atoms with Crippen molar-refractivity contribution in [2.45, 2.75) is 12.6 Å². The average Bonchev–Trinajstić information content (AvgIpc) is 3.04. The number of rotatable bonds is 3. The number of morpholine rings is 1. The summed E-state index contributed by atoms with van der Waals surface area (Å²) >= 11 is 3.53. The van der Waals surface area contributed by atoms with Gasteiger partial charge in [-0.3, -0.25) is 4.79 Å². The molecule has 0 bridgehead atoms. The lowest BCUT2D eigenvalue weighted by Gasteiger charge is -2.33. The quantitative estimate of drug-likeness (QED) is 0.908. The Morgan fingerprint density at radius 1 is 1.32 bits per heavy atom. The lowest BCUT2D eigenvalue weighted by molar-refractivity contribution is -0.0241. The highest BCUT2D eigenvalue weighted by molar-refractivity contribution is 9.10. The normalized spacial score (nSPS) is 18.5. The van der Waals surface area contributed by atoms with E-state index in [9.17, 15) is 4.79 Å². The lowest BCUT2D eigenvalue weighted by atomic mass is 10.1. The molecule has 0 spiro atoms. The summed E-state index contributed by atoms with van der Waals surface area (Å²) in [6, 6.07) is 11.3. The van der Waals surface area contributed by atoms with Crippen molar-refractivity contribution in [1.82, 2.24) is 4.90 Å². The molecule has 1 aliphatic rings. The molecule has 1 atom stereocenters. The highest BCUT2D eigenvalue weighted by atomic mass is 79.9. The Kier molecular flexibility index (Phi) is 4.61. The van der Waals surface area contributed by atoms with Crippen molar-refractivity contribution in [2.75, 3.05) is 19.7 Å². The van der Waals surface area contributed by atoms with Crippen LogP contribution in [0.25, 0.3) is 0 Å². The molecule has 2 aromatic rings. The van der Waals surface area contributed by atoms with E-state index in [1.54, 1.807) is 17.0 Å². The molecule has 116 valence electrons. The maximum Gasteiger partial charge on any atom is 0.289 e. The van der Waals surface area contributed by atoms with Crippen LogP contribution in [0, 0.1) is 0 Å². The molecular weight excluding hydrogens is 348 g/mol. The van der Waals surface area contributed by atoms with Crippen molar-refractivity contribution < 1.29 is 13.9 Å². The number of carbonyl (C=O) groups is 1. The fourth-order valence-electron chi connectivity index (χ4n) is 2.52. The second-order valence-electron chi connectivity index (χ2n) is 5.10. The minimum atomic E-state index is -0.141. The van der Waals surface area contributed by atoms with E-state index in [4.69, 9.17) is 14.9 Å². The number of furan rings is 1. The second-order valence-corrected chi connectivity index (χ2v) is 5.96. The molecule has 0 aliphatic carbocycles. The summed E-state index contributed by atoms with van der Waals surface area (Å²) in [5.41, 5.74) is 6.56. The number of nitrogens with two attached hydrogens (primary N) is 1. The standard InChI is InChI=1S/C16H17BrN2O3/c17-13-4-2-1-3-12(13)15-10-19(7-8-21-15)16(20)14-6-5-11(9-18)22-14/h1-6,15H,7-10,18H2. The van der Waals surface area contributed by atoms with Crippen LogP contribution in [0.1, 0.15) is 28.0 Å². The minimum Gasteiger partial charge on any atom is -0.455 e. The van der Waals surface area contributed by atoms with Crippen LogP contribution in [0.4, 0.5) is 0 Å². The van der Waals surface area contributed by atoms with E-state index in [-0.39, 0.29) is 18.6 Å². The lowest BCUT2D eigenvalue weighted by Crippen LogP contribution is -2.42. The highest BCUT2D eigenvalue weighted by Crippen LogP contribution is 2.29. The van der Waals surface area contributed by atoms with Gasteiger partial charge < -0.3 is 19.8 Å². The second kappa shape index (κ2) is 6.64. The number of ether oxygens (including phenoxy) is 1. The molecule has 1 amide bonds. The summed E-state index contributed by atoms with van der Waals surface area (Å²) in [5.74, 6) is 0.812. The number of hydrogen-bond acceptors (Lipinski definition) is 4. The van der Waals surface area contributed by atoms with Gasteiger partial charge in [0.25, 0.3) is 5.91 Å². The Bertz CT molecular complexity index is 671. The third-order valence-electron chi connectivity index (χ3n) is 3.68. The van der Waals surface area contributed by atoms with Crippen LogP contribution in [0.5, 0.6) is 0 Å². The molecular formula is C16H17BrN2O3. The predicted molar refractivity (Wildman–Crippen MR) is 85.3 cm³/mol. The maximum absolute atomic E-state index is 12.5. The van der Waals surface area contributed by atoms with Crippen LogP contribution in [-0.2, 0) is 11.3 Å². The molecule has 0 saturated carbocycles. The molecule has 1 aromatic carbocycles. The number of hydrogen-bond donors (Lipinski definition) is 1. The molecule has 6 heteroatoms. The van der Waals surface area contributed by atoms with Crippen LogP contribution in [0.15, 0.2) is 45.3 Å². The number of amides is 1. The van der Waals surface area contributed by atoms with Crippen molar-refractivity contribution in [3.8, 4) is 0 Å². The SMILES string of the molecule is NCc1ccc(C(=O)N2CCOC(c3ccccc3Br)C2)o1. The van der Waals surface area contributed by atoms with Gasteiger partial charge in [-0.2, -0.15) is 0 Å². The maximum atomic E-state index is 12.5. The molecule has 1 aromatic heterocycles. The van der Waals surface area contributed by atoms with Crippen LogP contribution in [-0.4, -0.2) is 30.5 Å². The number of benzene rings is 1. The first-order valence-electron chi connectivity index (χ1n) is 7.13. The summed E-state index contributed by atoms with van der Waals surface area (Å²) in [5, 5.41) is 0. The van der Waals surface area contributed by atoms with Crippen LogP contribution in [0.2, 0.25) is 0 Å². The van der Waals surface area contributed by atoms with Gasteiger partial charge in [-0.05, 0) is 23.8 Å². The van der Waals surface area contributed by atoms with Crippen molar-refractivity contribution in [3.05, 3.63) is 58.0 Å². The predicted octanol–water partition coefficient (Wildman–Crippen LogP) is 2.71. The molecule has 1 unspecified atom stereocenters. The van der Waals surface area contributed by atoms with Crippen molar-refractivity contribution in [1.29, 1.82) is 0 Å². The highest BCUT2D eigenvalue weighted by Gasteiger charge is 2.28. The van der Waals surface area contributed by atoms with E-state index < -0.39 is 0 Å². The molecule has 1 aliphatic heterocycles. The largest absolute Gasteiger partial charge is 0.455 e. The number of carbonyl (C=O) groups excluding carboxylic acids is 1. The molecule has 5 nitrogen and oxygen atoms in total. The molecule has 1 fully saturated rings. The van der Waals surface area contributed by atoms with Crippen molar-refractivity contribution >= 4 is 21.8 Å².